The maximum Gasteiger partial charge on any atom is 0.103 e. The van der Waals surface area contributed by atoms with Crippen LogP contribution in [0.5, 0.6) is 0 Å². The average Bonchev–Trinajstić information content (AvgIpc) is 2.55. The summed E-state index contributed by atoms with van der Waals surface area (Å²) in [5.41, 5.74) is 3.92. The lowest BCUT2D eigenvalue weighted by molar-refractivity contribution is 0.0650. The Hall–Kier alpha value is -1.29. The maximum atomic E-state index is 10.3. The predicted octanol–water partition coefficient (Wildman–Crippen LogP) is 6.35. The molecule has 0 fully saturated rings. The van der Waals surface area contributed by atoms with Crippen LogP contribution in [-0.2, 0) is 0 Å². The number of nitrogens with zero attached hydrogens (tertiary/aromatic N) is 1. The molecule has 0 aromatic rings. The zero-order valence-electron chi connectivity index (χ0n) is 15.1. The molecule has 0 spiro atoms. The molecular formula is C22H31N. The van der Waals surface area contributed by atoms with Crippen molar-refractivity contribution in [1.29, 1.82) is 5.26 Å². The molecule has 3 atom stereocenters. The minimum absolute atomic E-state index is 0.208. The third kappa shape index (κ3) is 2.42. The Morgan fingerprint density at radius 1 is 1.26 bits per heavy atom. The summed E-state index contributed by atoms with van der Waals surface area (Å²) < 4.78 is 0. The molecule has 3 aliphatic carbocycles. The molecule has 124 valence electrons. The first-order valence-electron chi connectivity index (χ1n) is 9.45. The van der Waals surface area contributed by atoms with Crippen molar-refractivity contribution in [3.63, 3.8) is 0 Å². The summed E-state index contributed by atoms with van der Waals surface area (Å²) in [6.07, 6.45) is 13.9. The SMILES string of the molecule is C=C1/C=C\CCCC2C3=C(CCCC3)C1(C#N)CC2(C)C(C)C. The highest BCUT2D eigenvalue weighted by Crippen LogP contribution is 2.62. The van der Waals surface area contributed by atoms with Crippen molar-refractivity contribution < 1.29 is 0 Å². The lowest BCUT2D eigenvalue weighted by Gasteiger charge is -2.54. The van der Waals surface area contributed by atoms with E-state index in [0.717, 1.165) is 24.8 Å². The van der Waals surface area contributed by atoms with E-state index in [1.807, 2.05) is 0 Å². The molecule has 2 bridgehead atoms. The van der Waals surface area contributed by atoms with Crippen LogP contribution in [-0.4, -0.2) is 0 Å². The van der Waals surface area contributed by atoms with Crippen molar-refractivity contribution in [2.75, 3.05) is 0 Å². The Labute approximate surface area is 142 Å². The summed E-state index contributed by atoms with van der Waals surface area (Å²) >= 11 is 0. The molecule has 3 rings (SSSR count). The molecule has 1 nitrogen and oxygen atoms in total. The van der Waals surface area contributed by atoms with Crippen molar-refractivity contribution in [2.45, 2.75) is 72.1 Å². The van der Waals surface area contributed by atoms with Crippen LogP contribution >= 0.6 is 0 Å². The zero-order chi connectivity index (χ0) is 16.7. The van der Waals surface area contributed by atoms with Crippen LogP contribution in [0, 0.1) is 34.0 Å². The van der Waals surface area contributed by atoms with E-state index in [1.54, 1.807) is 5.57 Å². The molecule has 0 radical (unpaired) electrons. The lowest BCUT2D eigenvalue weighted by Crippen LogP contribution is -2.46. The van der Waals surface area contributed by atoms with E-state index >= 15 is 0 Å². The molecule has 0 heterocycles. The summed E-state index contributed by atoms with van der Waals surface area (Å²) in [5.74, 6) is 1.26. The molecule has 0 aromatic carbocycles. The number of allylic oxidation sites excluding steroid dienone is 5. The number of hydrogen-bond acceptors (Lipinski definition) is 1. The lowest BCUT2D eigenvalue weighted by atomic mass is 9.48. The van der Waals surface area contributed by atoms with E-state index in [-0.39, 0.29) is 5.41 Å². The second-order valence-electron chi connectivity index (χ2n) is 8.48. The van der Waals surface area contributed by atoms with Crippen molar-refractivity contribution in [2.24, 2.45) is 22.7 Å². The van der Waals surface area contributed by atoms with Gasteiger partial charge in [0.2, 0.25) is 0 Å². The van der Waals surface area contributed by atoms with Gasteiger partial charge < -0.3 is 0 Å². The van der Waals surface area contributed by atoms with Gasteiger partial charge in [0.15, 0.2) is 0 Å². The quantitative estimate of drug-likeness (QED) is 0.518. The Kier molecular flexibility index (Phi) is 4.30. The van der Waals surface area contributed by atoms with Crippen molar-refractivity contribution >= 4 is 0 Å². The first-order chi connectivity index (χ1) is 11.0. The fraction of sp³-hybridized carbons (Fsp3) is 0.682. The van der Waals surface area contributed by atoms with E-state index in [9.17, 15) is 5.26 Å². The van der Waals surface area contributed by atoms with Crippen LogP contribution < -0.4 is 0 Å². The second-order valence-corrected chi connectivity index (χ2v) is 8.48. The molecule has 0 saturated carbocycles. The third-order valence-corrected chi connectivity index (χ3v) is 7.13. The van der Waals surface area contributed by atoms with E-state index in [4.69, 9.17) is 0 Å². The van der Waals surface area contributed by atoms with Gasteiger partial charge in [-0.25, -0.2) is 0 Å². The van der Waals surface area contributed by atoms with Gasteiger partial charge in [-0.1, -0.05) is 45.1 Å². The second kappa shape index (κ2) is 5.97. The van der Waals surface area contributed by atoms with Crippen LogP contribution in [0.2, 0.25) is 0 Å². The van der Waals surface area contributed by atoms with Crippen molar-refractivity contribution in [3.05, 3.63) is 35.5 Å². The standard InChI is InChI=1S/C22H31N/c1-16(2)21(4)14-22(15-23)17(3)10-6-5-7-12-19(21)18-11-8-9-13-20(18)22/h6,10,16,19H,3,5,7-9,11-14H2,1-2,4H3/b10-6-. The maximum absolute atomic E-state index is 10.3. The van der Waals surface area contributed by atoms with Gasteiger partial charge in [-0.2, -0.15) is 5.26 Å². The van der Waals surface area contributed by atoms with E-state index in [1.165, 1.54) is 37.7 Å². The van der Waals surface area contributed by atoms with Crippen LogP contribution in [0.3, 0.4) is 0 Å². The fourth-order valence-electron chi connectivity index (χ4n) is 5.40. The van der Waals surface area contributed by atoms with Gasteiger partial charge in [-0.15, -0.1) is 0 Å². The molecule has 0 aliphatic heterocycles. The summed E-state index contributed by atoms with van der Waals surface area (Å²) in [7, 11) is 0. The smallest absolute Gasteiger partial charge is 0.103 e. The number of hydrogen-bond donors (Lipinski definition) is 0. The van der Waals surface area contributed by atoms with Gasteiger partial charge in [0.25, 0.3) is 0 Å². The monoisotopic (exact) mass is 309 g/mol. The topological polar surface area (TPSA) is 23.8 Å². The summed E-state index contributed by atoms with van der Waals surface area (Å²) in [6, 6.07) is 2.77. The Balaban J connectivity index is 2.26. The van der Waals surface area contributed by atoms with Crippen LogP contribution in [0.15, 0.2) is 35.5 Å². The van der Waals surface area contributed by atoms with Crippen LogP contribution in [0.4, 0.5) is 0 Å². The minimum Gasteiger partial charge on any atom is -0.197 e. The van der Waals surface area contributed by atoms with E-state index in [0.29, 0.717) is 11.8 Å². The third-order valence-electron chi connectivity index (χ3n) is 7.13. The predicted molar refractivity (Wildman–Crippen MR) is 96.7 cm³/mol. The average molecular weight is 309 g/mol. The van der Waals surface area contributed by atoms with Gasteiger partial charge >= 0.3 is 0 Å². The molecule has 3 aliphatic rings. The fourth-order valence-corrected chi connectivity index (χ4v) is 5.40. The Bertz CT molecular complexity index is 600. The molecular weight excluding hydrogens is 278 g/mol. The molecule has 3 unspecified atom stereocenters. The highest BCUT2D eigenvalue weighted by Gasteiger charge is 2.54. The summed E-state index contributed by atoms with van der Waals surface area (Å²) in [4.78, 5) is 0. The van der Waals surface area contributed by atoms with Gasteiger partial charge in [-0.05, 0) is 79.8 Å². The normalized spacial score (nSPS) is 39.1. The Morgan fingerprint density at radius 3 is 2.70 bits per heavy atom. The summed E-state index contributed by atoms with van der Waals surface area (Å²) in [5, 5.41) is 10.3. The van der Waals surface area contributed by atoms with Gasteiger partial charge in [0.05, 0.1) is 6.07 Å². The molecule has 23 heavy (non-hydrogen) atoms. The largest absolute Gasteiger partial charge is 0.197 e. The molecule has 0 amide bonds. The minimum atomic E-state index is -0.445. The van der Waals surface area contributed by atoms with Gasteiger partial charge in [-0.3, -0.25) is 0 Å². The highest BCUT2D eigenvalue weighted by atomic mass is 14.6. The van der Waals surface area contributed by atoms with Gasteiger partial charge in [0, 0.05) is 0 Å². The van der Waals surface area contributed by atoms with Crippen LogP contribution in [0.1, 0.15) is 72.1 Å². The summed E-state index contributed by atoms with van der Waals surface area (Å²) in [6.45, 7) is 11.5. The molecule has 0 aromatic heterocycles. The Morgan fingerprint density at radius 2 is 2.00 bits per heavy atom. The highest BCUT2D eigenvalue weighted by molar-refractivity contribution is 5.48. The first-order valence-corrected chi connectivity index (χ1v) is 9.45. The van der Waals surface area contributed by atoms with Crippen molar-refractivity contribution in [1.82, 2.24) is 0 Å². The van der Waals surface area contributed by atoms with Crippen LogP contribution in [0.25, 0.3) is 0 Å². The van der Waals surface area contributed by atoms with E-state index in [2.05, 4.69) is 45.6 Å². The van der Waals surface area contributed by atoms with E-state index < -0.39 is 5.41 Å². The number of nitriles is 1. The molecule has 1 heteroatoms. The molecule has 0 N–H and O–H groups in total. The van der Waals surface area contributed by atoms with Gasteiger partial charge in [0.1, 0.15) is 5.41 Å². The number of rotatable bonds is 1. The first kappa shape index (κ1) is 16.6. The molecule has 0 saturated heterocycles. The zero-order valence-corrected chi connectivity index (χ0v) is 15.1. The van der Waals surface area contributed by atoms with Crippen molar-refractivity contribution in [3.8, 4) is 6.07 Å².